The van der Waals surface area contributed by atoms with E-state index in [0.29, 0.717) is 5.92 Å². The molecule has 4 nitrogen and oxygen atoms in total. The van der Waals surface area contributed by atoms with E-state index in [1.54, 1.807) is 0 Å². The van der Waals surface area contributed by atoms with Crippen molar-refractivity contribution in [3.63, 3.8) is 0 Å². The van der Waals surface area contributed by atoms with E-state index in [2.05, 4.69) is 9.97 Å². The Hall–Kier alpha value is -1.32. The fourth-order valence-corrected chi connectivity index (χ4v) is 1.95. The maximum absolute atomic E-state index is 11.4. The van der Waals surface area contributed by atoms with Gasteiger partial charge in [0.2, 0.25) is 5.75 Å². The van der Waals surface area contributed by atoms with Crippen molar-refractivity contribution in [3.8, 4) is 5.75 Å². The average molecular weight is 194 g/mol. The summed E-state index contributed by atoms with van der Waals surface area (Å²) < 4.78 is 4.86. The third-order valence-electron chi connectivity index (χ3n) is 2.75. The van der Waals surface area contributed by atoms with E-state index in [1.807, 2.05) is 0 Å². The van der Waals surface area contributed by atoms with Gasteiger partial charge < -0.3 is 9.72 Å². The quantitative estimate of drug-likeness (QED) is 0.775. The minimum Gasteiger partial charge on any atom is -0.490 e. The van der Waals surface area contributed by atoms with E-state index in [0.717, 1.165) is 18.7 Å². The molecule has 1 heterocycles. The summed E-state index contributed by atoms with van der Waals surface area (Å²) in [6.07, 6.45) is 6.25. The number of nitrogens with one attached hydrogen (secondary N) is 1. The first-order valence-electron chi connectivity index (χ1n) is 4.94. The summed E-state index contributed by atoms with van der Waals surface area (Å²) in [6.45, 7) is 0. The Morgan fingerprint density at radius 2 is 2.21 bits per heavy atom. The van der Waals surface area contributed by atoms with Crippen molar-refractivity contribution >= 4 is 0 Å². The number of aromatic nitrogens is 2. The molecule has 0 unspecified atom stereocenters. The molecule has 76 valence electrons. The first-order chi connectivity index (χ1) is 6.81. The van der Waals surface area contributed by atoms with Gasteiger partial charge in [-0.2, -0.15) is 0 Å². The number of nitrogens with zero attached hydrogens (tertiary/aromatic N) is 1. The maximum atomic E-state index is 11.4. The van der Waals surface area contributed by atoms with E-state index < -0.39 is 0 Å². The van der Waals surface area contributed by atoms with Crippen molar-refractivity contribution < 1.29 is 4.74 Å². The first-order valence-corrected chi connectivity index (χ1v) is 4.94. The zero-order valence-corrected chi connectivity index (χ0v) is 8.25. The lowest BCUT2D eigenvalue weighted by molar-refractivity contribution is 0.404. The van der Waals surface area contributed by atoms with Crippen molar-refractivity contribution in [1.82, 2.24) is 9.97 Å². The molecule has 1 aliphatic carbocycles. The third-order valence-corrected chi connectivity index (χ3v) is 2.75. The average Bonchev–Trinajstić information content (AvgIpc) is 2.70. The van der Waals surface area contributed by atoms with Crippen LogP contribution in [0.3, 0.4) is 0 Å². The van der Waals surface area contributed by atoms with Crippen LogP contribution in [0.15, 0.2) is 11.0 Å². The summed E-state index contributed by atoms with van der Waals surface area (Å²) in [4.78, 5) is 18.4. The Labute approximate surface area is 82.3 Å². The van der Waals surface area contributed by atoms with E-state index in [4.69, 9.17) is 4.74 Å². The summed E-state index contributed by atoms with van der Waals surface area (Å²) in [5.74, 6) is 1.54. The molecule has 0 aliphatic heterocycles. The van der Waals surface area contributed by atoms with Crippen LogP contribution in [0.1, 0.15) is 37.4 Å². The van der Waals surface area contributed by atoms with Gasteiger partial charge in [0.1, 0.15) is 5.82 Å². The summed E-state index contributed by atoms with van der Waals surface area (Å²) >= 11 is 0. The van der Waals surface area contributed by atoms with Crippen LogP contribution >= 0.6 is 0 Å². The molecule has 1 fully saturated rings. The molecular formula is C10H14N2O2. The molecule has 0 spiro atoms. The summed E-state index contributed by atoms with van der Waals surface area (Å²) in [7, 11) is 1.47. The van der Waals surface area contributed by atoms with E-state index in [1.165, 1.54) is 26.1 Å². The standard InChI is InChI=1S/C10H14N2O2/c1-14-8-6-11-9(12-10(8)13)7-4-2-3-5-7/h6-7H,2-5H2,1H3,(H,11,12,13). The predicted octanol–water partition coefficient (Wildman–Crippen LogP) is 1.44. The topological polar surface area (TPSA) is 55.0 Å². The second kappa shape index (κ2) is 3.82. The van der Waals surface area contributed by atoms with Crippen molar-refractivity contribution in [2.45, 2.75) is 31.6 Å². The Balaban J connectivity index is 2.27. The lowest BCUT2D eigenvalue weighted by Gasteiger charge is -2.07. The molecular weight excluding hydrogens is 180 g/mol. The van der Waals surface area contributed by atoms with E-state index >= 15 is 0 Å². The molecule has 0 atom stereocenters. The van der Waals surface area contributed by atoms with Gasteiger partial charge in [0.05, 0.1) is 13.3 Å². The largest absolute Gasteiger partial charge is 0.490 e. The molecule has 0 saturated heterocycles. The summed E-state index contributed by atoms with van der Waals surface area (Å²) in [5, 5.41) is 0. The van der Waals surface area contributed by atoms with Gasteiger partial charge in [0.25, 0.3) is 5.56 Å². The number of methoxy groups -OCH3 is 1. The minimum absolute atomic E-state index is 0.176. The van der Waals surface area contributed by atoms with Gasteiger partial charge >= 0.3 is 0 Å². The van der Waals surface area contributed by atoms with Gasteiger partial charge in [-0.25, -0.2) is 4.98 Å². The zero-order valence-electron chi connectivity index (χ0n) is 8.25. The minimum atomic E-state index is -0.176. The predicted molar refractivity (Wildman–Crippen MR) is 52.6 cm³/mol. The van der Waals surface area contributed by atoms with Crippen molar-refractivity contribution in [1.29, 1.82) is 0 Å². The number of rotatable bonds is 2. The molecule has 0 bridgehead atoms. The lowest BCUT2D eigenvalue weighted by atomic mass is 10.1. The van der Waals surface area contributed by atoms with Crippen molar-refractivity contribution in [2.75, 3.05) is 7.11 Å². The smallest absolute Gasteiger partial charge is 0.293 e. The summed E-state index contributed by atoms with van der Waals surface area (Å²) in [6, 6.07) is 0. The molecule has 1 N–H and O–H groups in total. The van der Waals surface area contributed by atoms with Crippen LogP contribution in [0, 0.1) is 0 Å². The van der Waals surface area contributed by atoms with Crippen molar-refractivity contribution in [2.24, 2.45) is 0 Å². The number of hydrogen-bond acceptors (Lipinski definition) is 3. The van der Waals surface area contributed by atoms with Gasteiger partial charge in [-0.3, -0.25) is 4.79 Å². The Kier molecular flexibility index (Phi) is 2.52. The number of H-pyrrole nitrogens is 1. The first kappa shape index (κ1) is 9.24. The molecule has 1 aromatic heterocycles. The monoisotopic (exact) mass is 194 g/mol. The molecule has 1 saturated carbocycles. The fraction of sp³-hybridized carbons (Fsp3) is 0.600. The van der Waals surface area contributed by atoms with Crippen LogP contribution in [0.5, 0.6) is 5.75 Å². The second-order valence-electron chi connectivity index (χ2n) is 3.65. The molecule has 2 rings (SSSR count). The van der Waals surface area contributed by atoms with E-state index in [9.17, 15) is 4.79 Å². The SMILES string of the molecule is COc1cnc(C2CCCC2)[nH]c1=O. The molecule has 0 radical (unpaired) electrons. The molecule has 0 aromatic carbocycles. The highest BCUT2D eigenvalue weighted by atomic mass is 16.5. The van der Waals surface area contributed by atoms with Crippen molar-refractivity contribution in [3.05, 3.63) is 22.4 Å². The van der Waals surface area contributed by atoms with Gasteiger partial charge in [-0.15, -0.1) is 0 Å². The van der Waals surface area contributed by atoms with Crippen LogP contribution in [0.25, 0.3) is 0 Å². The maximum Gasteiger partial charge on any atom is 0.293 e. The van der Waals surface area contributed by atoms with Gasteiger partial charge in [0.15, 0.2) is 0 Å². The number of hydrogen-bond donors (Lipinski definition) is 1. The van der Waals surface area contributed by atoms with Crippen LogP contribution in [-0.4, -0.2) is 17.1 Å². The van der Waals surface area contributed by atoms with E-state index in [-0.39, 0.29) is 11.3 Å². The highest BCUT2D eigenvalue weighted by Gasteiger charge is 2.19. The number of ether oxygens (including phenoxy) is 1. The van der Waals surface area contributed by atoms with Crippen LogP contribution in [0.2, 0.25) is 0 Å². The molecule has 14 heavy (non-hydrogen) atoms. The number of aromatic amines is 1. The zero-order chi connectivity index (χ0) is 9.97. The highest BCUT2D eigenvalue weighted by molar-refractivity contribution is 5.14. The highest BCUT2D eigenvalue weighted by Crippen LogP contribution is 2.31. The molecule has 1 aromatic rings. The third kappa shape index (κ3) is 1.64. The molecule has 4 heteroatoms. The second-order valence-corrected chi connectivity index (χ2v) is 3.65. The normalized spacial score (nSPS) is 17.2. The Bertz CT molecular complexity index is 367. The van der Waals surface area contributed by atoms with Crippen LogP contribution in [-0.2, 0) is 0 Å². The summed E-state index contributed by atoms with van der Waals surface area (Å²) in [5.41, 5.74) is -0.176. The Morgan fingerprint density at radius 3 is 2.79 bits per heavy atom. The van der Waals surface area contributed by atoms with Crippen LogP contribution in [0.4, 0.5) is 0 Å². The Morgan fingerprint density at radius 1 is 1.50 bits per heavy atom. The molecule has 1 aliphatic rings. The van der Waals surface area contributed by atoms with Gasteiger partial charge in [0, 0.05) is 5.92 Å². The lowest BCUT2D eigenvalue weighted by Crippen LogP contribution is -2.14. The van der Waals surface area contributed by atoms with Crippen LogP contribution < -0.4 is 10.3 Å². The molecule has 0 amide bonds. The van der Waals surface area contributed by atoms with Gasteiger partial charge in [-0.1, -0.05) is 12.8 Å². The van der Waals surface area contributed by atoms with Gasteiger partial charge in [-0.05, 0) is 12.8 Å². The fourth-order valence-electron chi connectivity index (χ4n) is 1.95.